The lowest BCUT2D eigenvalue weighted by Gasteiger charge is -2.30. The van der Waals surface area contributed by atoms with Crippen molar-refractivity contribution in [2.24, 2.45) is 5.16 Å². The Labute approximate surface area is 152 Å². The summed E-state index contributed by atoms with van der Waals surface area (Å²) in [5.74, 6) is -0.0435. The zero-order valence-corrected chi connectivity index (χ0v) is 14.7. The highest BCUT2D eigenvalue weighted by Gasteiger charge is 2.40. The van der Waals surface area contributed by atoms with E-state index in [9.17, 15) is 9.59 Å². The van der Waals surface area contributed by atoms with Crippen LogP contribution in [0.25, 0.3) is 6.08 Å². The molecule has 0 bridgehead atoms. The molecule has 0 saturated carbocycles. The van der Waals surface area contributed by atoms with E-state index in [0.717, 1.165) is 36.0 Å². The van der Waals surface area contributed by atoms with Crippen molar-refractivity contribution in [3.63, 3.8) is 0 Å². The number of rotatable bonds is 3. The zero-order chi connectivity index (χ0) is 18.1. The van der Waals surface area contributed by atoms with Crippen LogP contribution in [0.2, 0.25) is 0 Å². The van der Waals surface area contributed by atoms with Crippen molar-refractivity contribution in [2.45, 2.75) is 44.2 Å². The smallest absolute Gasteiger partial charge is 0.250 e. The van der Waals surface area contributed by atoms with Gasteiger partial charge in [-0.3, -0.25) is 9.59 Å². The molecule has 0 unspecified atom stereocenters. The number of carbonyl (C=O) groups is 2. The molecule has 1 N–H and O–H groups in total. The molecule has 2 amide bonds. The highest BCUT2D eigenvalue weighted by molar-refractivity contribution is 6.02. The van der Waals surface area contributed by atoms with Gasteiger partial charge in [0.1, 0.15) is 6.04 Å². The number of likely N-dealkylation sites (tertiary alicyclic amines) is 2. The molecule has 136 valence electrons. The molecule has 0 aromatic heterocycles. The minimum Gasteiger partial charge on any atom is -0.411 e. The number of oxime groups is 1. The fraction of sp³-hybridized carbons (Fsp3) is 0.450. The summed E-state index contributed by atoms with van der Waals surface area (Å²) in [7, 11) is 0. The molecule has 6 nitrogen and oxygen atoms in total. The van der Waals surface area contributed by atoms with E-state index in [2.05, 4.69) is 5.16 Å². The Hall–Kier alpha value is -2.63. The van der Waals surface area contributed by atoms with Crippen LogP contribution >= 0.6 is 0 Å². The lowest BCUT2D eigenvalue weighted by Crippen LogP contribution is -2.49. The Morgan fingerprint density at radius 3 is 2.69 bits per heavy atom. The van der Waals surface area contributed by atoms with Crippen LogP contribution in [0.5, 0.6) is 0 Å². The first-order chi connectivity index (χ1) is 12.7. The van der Waals surface area contributed by atoms with Gasteiger partial charge in [0.2, 0.25) is 5.91 Å². The van der Waals surface area contributed by atoms with E-state index in [1.165, 1.54) is 6.21 Å². The summed E-state index contributed by atoms with van der Waals surface area (Å²) in [5.41, 5.74) is 3.02. The Morgan fingerprint density at radius 2 is 1.88 bits per heavy atom. The third-order valence-electron chi connectivity index (χ3n) is 5.66. The van der Waals surface area contributed by atoms with Gasteiger partial charge in [-0.15, -0.1) is 0 Å². The molecule has 1 aromatic carbocycles. The summed E-state index contributed by atoms with van der Waals surface area (Å²) in [5, 5.41) is 11.9. The molecule has 4 rings (SSSR count). The SMILES string of the molecule is O=C([C@@H]1CCCN1C(=O)C1=Cc2ccccc2C1)N1CCC[C@H]1C=NO. The molecular formula is C20H23N3O3. The van der Waals surface area contributed by atoms with Crippen LogP contribution in [0.15, 0.2) is 35.0 Å². The molecule has 2 saturated heterocycles. The van der Waals surface area contributed by atoms with Crippen LogP contribution in [-0.4, -0.2) is 58.2 Å². The Kier molecular flexibility index (Phi) is 4.49. The van der Waals surface area contributed by atoms with Crippen molar-refractivity contribution in [1.82, 2.24) is 9.80 Å². The highest BCUT2D eigenvalue weighted by atomic mass is 16.4. The van der Waals surface area contributed by atoms with E-state index in [1.807, 2.05) is 30.3 Å². The first-order valence-electron chi connectivity index (χ1n) is 9.26. The summed E-state index contributed by atoms with van der Waals surface area (Å²) < 4.78 is 0. The minimum atomic E-state index is -0.403. The predicted molar refractivity (Wildman–Crippen MR) is 97.9 cm³/mol. The molecule has 1 aromatic rings. The zero-order valence-electron chi connectivity index (χ0n) is 14.7. The van der Waals surface area contributed by atoms with Crippen molar-refractivity contribution in [1.29, 1.82) is 0 Å². The molecule has 2 aliphatic heterocycles. The second-order valence-electron chi connectivity index (χ2n) is 7.21. The van der Waals surface area contributed by atoms with Gasteiger partial charge in [0.15, 0.2) is 0 Å². The van der Waals surface area contributed by atoms with E-state index in [0.29, 0.717) is 25.9 Å². The second kappa shape index (κ2) is 6.94. The van der Waals surface area contributed by atoms with Gasteiger partial charge in [0, 0.05) is 25.1 Å². The molecule has 0 spiro atoms. The molecule has 26 heavy (non-hydrogen) atoms. The summed E-state index contributed by atoms with van der Waals surface area (Å²) in [6, 6.07) is 7.45. The normalized spacial score (nSPS) is 25.0. The third kappa shape index (κ3) is 2.89. The number of benzene rings is 1. The Bertz CT molecular complexity index is 786. The van der Waals surface area contributed by atoms with Crippen molar-refractivity contribution in [2.75, 3.05) is 13.1 Å². The van der Waals surface area contributed by atoms with E-state index in [-0.39, 0.29) is 17.9 Å². The van der Waals surface area contributed by atoms with Crippen molar-refractivity contribution in [3.05, 3.63) is 41.0 Å². The van der Waals surface area contributed by atoms with Gasteiger partial charge in [0.05, 0.1) is 12.3 Å². The van der Waals surface area contributed by atoms with E-state index in [4.69, 9.17) is 5.21 Å². The second-order valence-corrected chi connectivity index (χ2v) is 7.21. The topological polar surface area (TPSA) is 73.2 Å². The van der Waals surface area contributed by atoms with Gasteiger partial charge in [-0.25, -0.2) is 0 Å². The van der Waals surface area contributed by atoms with Crippen LogP contribution in [0.3, 0.4) is 0 Å². The maximum absolute atomic E-state index is 13.1. The standard InChI is InChI=1S/C20H23N3O3/c24-19(16-11-14-5-1-2-6-15(14)12-16)23-10-4-8-18(23)20(25)22-9-3-7-17(22)13-21-26/h1-2,5-6,11,13,17-18,26H,3-4,7-10,12H2/t17-,18-/m0/s1. The maximum atomic E-state index is 13.1. The van der Waals surface area contributed by atoms with Gasteiger partial charge < -0.3 is 15.0 Å². The predicted octanol–water partition coefficient (Wildman–Crippen LogP) is 2.07. The van der Waals surface area contributed by atoms with E-state index >= 15 is 0 Å². The maximum Gasteiger partial charge on any atom is 0.250 e. The first kappa shape index (κ1) is 16.8. The average Bonchev–Trinajstić information content (AvgIpc) is 3.39. The molecule has 3 aliphatic rings. The first-order valence-corrected chi connectivity index (χ1v) is 9.26. The number of fused-ring (bicyclic) bond motifs is 1. The van der Waals surface area contributed by atoms with Crippen LogP contribution in [0, 0.1) is 0 Å². The summed E-state index contributed by atoms with van der Waals surface area (Å²) in [6.45, 7) is 1.28. The Balaban J connectivity index is 1.50. The lowest BCUT2D eigenvalue weighted by atomic mass is 10.1. The minimum absolute atomic E-state index is 0.0191. The summed E-state index contributed by atoms with van der Waals surface area (Å²) >= 11 is 0. The molecule has 1 aliphatic carbocycles. The van der Waals surface area contributed by atoms with Crippen LogP contribution in [0.4, 0.5) is 0 Å². The van der Waals surface area contributed by atoms with Crippen LogP contribution < -0.4 is 0 Å². The fourth-order valence-electron chi connectivity index (χ4n) is 4.36. The number of amides is 2. The third-order valence-corrected chi connectivity index (χ3v) is 5.66. The molecule has 2 atom stereocenters. The molecule has 2 fully saturated rings. The van der Waals surface area contributed by atoms with E-state index < -0.39 is 6.04 Å². The van der Waals surface area contributed by atoms with Gasteiger partial charge in [0.25, 0.3) is 5.91 Å². The quantitative estimate of drug-likeness (QED) is 0.514. The Morgan fingerprint density at radius 1 is 1.12 bits per heavy atom. The highest BCUT2D eigenvalue weighted by Crippen LogP contribution is 2.30. The van der Waals surface area contributed by atoms with Crippen molar-refractivity contribution < 1.29 is 14.8 Å². The van der Waals surface area contributed by atoms with Crippen LogP contribution in [0.1, 0.15) is 36.8 Å². The molecule has 6 heteroatoms. The summed E-state index contributed by atoms with van der Waals surface area (Å²) in [4.78, 5) is 29.6. The number of nitrogens with zero attached hydrogens (tertiary/aromatic N) is 3. The number of hydrogen-bond donors (Lipinski definition) is 1. The number of hydrogen-bond acceptors (Lipinski definition) is 4. The average molecular weight is 353 g/mol. The van der Waals surface area contributed by atoms with E-state index in [1.54, 1.807) is 9.80 Å². The monoisotopic (exact) mass is 353 g/mol. The van der Waals surface area contributed by atoms with Gasteiger partial charge in [-0.05, 0) is 42.9 Å². The fourth-order valence-corrected chi connectivity index (χ4v) is 4.36. The van der Waals surface area contributed by atoms with Gasteiger partial charge in [-0.2, -0.15) is 0 Å². The molecule has 2 heterocycles. The van der Waals surface area contributed by atoms with Crippen molar-refractivity contribution >= 4 is 24.1 Å². The molecule has 0 radical (unpaired) electrons. The largest absolute Gasteiger partial charge is 0.411 e. The van der Waals surface area contributed by atoms with Crippen LogP contribution in [-0.2, 0) is 16.0 Å². The lowest BCUT2D eigenvalue weighted by molar-refractivity contribution is -0.141. The van der Waals surface area contributed by atoms with Gasteiger partial charge >= 0.3 is 0 Å². The summed E-state index contributed by atoms with van der Waals surface area (Å²) in [6.07, 6.45) is 7.24. The van der Waals surface area contributed by atoms with Crippen molar-refractivity contribution in [3.8, 4) is 0 Å². The molecular weight excluding hydrogens is 330 g/mol. The van der Waals surface area contributed by atoms with Gasteiger partial charge in [-0.1, -0.05) is 29.4 Å². The number of carbonyl (C=O) groups excluding carboxylic acids is 2.